The van der Waals surface area contributed by atoms with Gasteiger partial charge in [0.15, 0.2) is 40.1 Å². The summed E-state index contributed by atoms with van der Waals surface area (Å²) in [5.41, 5.74) is 8.19. The maximum atomic E-state index is 11.4. The van der Waals surface area contributed by atoms with E-state index < -0.39 is 10.8 Å². The van der Waals surface area contributed by atoms with Gasteiger partial charge in [-0.3, -0.25) is 19.0 Å². The highest BCUT2D eigenvalue weighted by molar-refractivity contribution is 6.29. The van der Waals surface area contributed by atoms with Crippen molar-refractivity contribution in [2.75, 3.05) is 62.3 Å². The average molecular weight is 1100 g/mol. The highest BCUT2D eigenvalue weighted by atomic mass is 35.5. The smallest absolute Gasteiger partial charge is 0.222 e. The Bertz CT molecular complexity index is 3620. The van der Waals surface area contributed by atoms with Gasteiger partial charge >= 0.3 is 0 Å². The standard InChI is InChI=1S/C26H29N9O4.C15H14ClN5O3.C11H16N4O/c1-15(36)30-20-10-17(6-8-28-20)39-18-12-29-24-22(23(18)37-5)34(4)25(32-24)31-21-11-19(26(2,3)14-27)35(33-21)16-7-9-38-13-16;1-8(22)19-11-6-9(4-5-17-11)24-10-7-18-14-12(13(10)23-3)21(2)15(16)20-14;1-11(2,7-12)9-5-10(13)14-15(9)8-3-4-16-6-8/h6,8,10-12,16H,7,9,13H2,1-5H3,(H,28,30,36)(H,29,31,32,33);4-7H,1-3H3,(H,17,19,22);5,8H,3-4,6H2,1-2H3,(H2,13,14)/t16-;;8-/m0.0/s1. The molecule has 10 heterocycles. The van der Waals surface area contributed by atoms with Crippen LogP contribution in [0.4, 0.5) is 29.2 Å². The number of nitrogens with one attached hydrogen (secondary N) is 3. The number of pyridine rings is 4. The van der Waals surface area contributed by atoms with Crippen LogP contribution in [0.5, 0.6) is 34.5 Å². The summed E-state index contributed by atoms with van der Waals surface area (Å²) in [4.78, 5) is 48.1. The minimum absolute atomic E-state index is 0.0597. The van der Waals surface area contributed by atoms with Gasteiger partial charge in [-0.15, -0.1) is 0 Å². The number of nitrogens with zero attached hydrogens (tertiary/aromatic N) is 14. The number of nitriles is 2. The number of anilines is 5. The van der Waals surface area contributed by atoms with Gasteiger partial charge in [-0.1, -0.05) is 0 Å². The van der Waals surface area contributed by atoms with Crippen LogP contribution in [-0.2, 0) is 44.0 Å². The van der Waals surface area contributed by atoms with E-state index in [0.717, 1.165) is 30.8 Å². The molecule has 2 saturated heterocycles. The number of carbonyl (C=O) groups excluding carboxylic acids is 2. The summed E-state index contributed by atoms with van der Waals surface area (Å²) in [6.07, 6.45) is 7.84. The molecule has 8 aromatic rings. The number of nitrogen functional groups attached to an aromatic ring is 1. The number of hydrogen-bond donors (Lipinski definition) is 4. The van der Waals surface area contributed by atoms with E-state index >= 15 is 0 Å². The van der Waals surface area contributed by atoms with Gasteiger partial charge in [0, 0.05) is 77.8 Å². The van der Waals surface area contributed by atoms with E-state index in [1.54, 1.807) is 53.6 Å². The molecule has 0 bridgehead atoms. The maximum Gasteiger partial charge on any atom is 0.222 e. The predicted molar refractivity (Wildman–Crippen MR) is 291 cm³/mol. The minimum Gasteiger partial charge on any atom is -0.491 e. The first-order valence-corrected chi connectivity index (χ1v) is 25.1. The minimum atomic E-state index is -0.744. The van der Waals surface area contributed by atoms with Gasteiger partial charge in [0.25, 0.3) is 0 Å². The molecule has 0 unspecified atom stereocenters. The third-order valence-electron chi connectivity index (χ3n) is 12.6. The summed E-state index contributed by atoms with van der Waals surface area (Å²) < 4.78 is 41.1. The van der Waals surface area contributed by atoms with Crippen molar-refractivity contribution in [1.29, 1.82) is 10.5 Å². The number of aryl methyl sites for hydroxylation is 2. The Hall–Kier alpha value is -9.11. The molecule has 27 heteroatoms. The van der Waals surface area contributed by atoms with Gasteiger partial charge < -0.3 is 59.2 Å². The second-order valence-electron chi connectivity index (χ2n) is 19.3. The quantitative estimate of drug-likeness (QED) is 0.0805. The highest BCUT2D eigenvalue weighted by Crippen LogP contribution is 2.40. The topological polar surface area (TPSA) is 322 Å². The van der Waals surface area contributed by atoms with E-state index in [9.17, 15) is 14.9 Å². The molecule has 0 saturated carbocycles. The summed E-state index contributed by atoms with van der Waals surface area (Å²) in [5, 5.41) is 36.8. The molecular weight excluding hydrogens is 1040 g/mol. The number of carbonyl (C=O) groups is 2. The Kier molecular flexibility index (Phi) is 16.8. The van der Waals surface area contributed by atoms with Gasteiger partial charge in [0.2, 0.25) is 23.0 Å². The monoisotopic (exact) mass is 1100 g/mol. The van der Waals surface area contributed by atoms with Crippen LogP contribution >= 0.6 is 11.6 Å². The molecule has 0 spiro atoms. The first kappa shape index (κ1) is 56.1. The molecule has 2 fully saturated rings. The summed E-state index contributed by atoms with van der Waals surface area (Å²) in [6.45, 7) is 12.9. The lowest BCUT2D eigenvalue weighted by Crippen LogP contribution is -2.23. The first-order chi connectivity index (χ1) is 37.7. The molecule has 2 amide bonds. The predicted octanol–water partition coefficient (Wildman–Crippen LogP) is 7.83. The van der Waals surface area contributed by atoms with E-state index in [2.05, 4.69) is 63.1 Å². The van der Waals surface area contributed by atoms with Crippen LogP contribution in [0.3, 0.4) is 0 Å². The molecule has 2 atom stereocenters. The van der Waals surface area contributed by atoms with Crippen molar-refractivity contribution in [3.8, 4) is 46.6 Å². The van der Waals surface area contributed by atoms with E-state index in [1.807, 2.05) is 50.2 Å². The number of methoxy groups -OCH3 is 2. The normalized spacial score (nSPS) is 15.0. The Balaban J connectivity index is 0.000000174. The molecular formula is C52H59ClN18O8. The van der Waals surface area contributed by atoms with Crippen molar-refractivity contribution >= 4 is 75.0 Å². The van der Waals surface area contributed by atoms with Crippen LogP contribution < -0.4 is 40.6 Å². The lowest BCUT2D eigenvalue weighted by molar-refractivity contribution is -0.115. The van der Waals surface area contributed by atoms with E-state index in [0.29, 0.717) is 111 Å². The first-order valence-electron chi connectivity index (χ1n) is 24.7. The van der Waals surface area contributed by atoms with Crippen molar-refractivity contribution in [3.63, 3.8) is 0 Å². The highest BCUT2D eigenvalue weighted by Gasteiger charge is 2.32. The van der Waals surface area contributed by atoms with Crippen LogP contribution in [0.2, 0.25) is 5.28 Å². The van der Waals surface area contributed by atoms with Crippen molar-refractivity contribution in [1.82, 2.24) is 58.6 Å². The molecule has 79 heavy (non-hydrogen) atoms. The van der Waals surface area contributed by atoms with Crippen molar-refractivity contribution < 1.29 is 38.0 Å². The van der Waals surface area contributed by atoms with Crippen LogP contribution in [-0.4, -0.2) is 111 Å². The lowest BCUT2D eigenvalue weighted by Gasteiger charge is -2.20. The zero-order valence-corrected chi connectivity index (χ0v) is 45.9. The number of nitrogens with two attached hydrogens (primary N) is 1. The number of fused-ring (bicyclic) bond motifs is 2. The van der Waals surface area contributed by atoms with E-state index in [1.165, 1.54) is 45.7 Å². The van der Waals surface area contributed by atoms with Crippen LogP contribution in [0, 0.1) is 22.7 Å². The Morgan fingerprint density at radius 3 is 1.66 bits per heavy atom. The fourth-order valence-corrected chi connectivity index (χ4v) is 8.75. The zero-order chi connectivity index (χ0) is 56.8. The molecule has 412 valence electrons. The fourth-order valence-electron chi connectivity index (χ4n) is 8.59. The average Bonchev–Trinajstić information content (AvgIpc) is 4.49. The number of aromatic nitrogens is 12. The van der Waals surface area contributed by atoms with Gasteiger partial charge in [-0.25, -0.2) is 19.9 Å². The largest absolute Gasteiger partial charge is 0.491 e. The third kappa shape index (κ3) is 12.5. The van der Waals surface area contributed by atoms with E-state index in [-0.39, 0.29) is 23.9 Å². The fraction of sp³-hybridized carbons (Fsp3) is 0.385. The second-order valence-corrected chi connectivity index (χ2v) is 19.6. The molecule has 5 N–H and O–H groups in total. The van der Waals surface area contributed by atoms with E-state index in [4.69, 9.17) is 56.1 Å². The molecule has 2 aliphatic heterocycles. The number of rotatable bonds is 14. The van der Waals surface area contributed by atoms with Gasteiger partial charge in [0.1, 0.15) is 40.0 Å². The lowest BCUT2D eigenvalue weighted by atomic mass is 9.91. The Morgan fingerprint density at radius 2 is 1.19 bits per heavy atom. The molecule has 26 nitrogen and oxygen atoms in total. The molecule has 2 aliphatic rings. The summed E-state index contributed by atoms with van der Waals surface area (Å²) in [7, 11) is 6.65. The molecule has 8 aromatic heterocycles. The summed E-state index contributed by atoms with van der Waals surface area (Å²) in [6, 6.07) is 15.1. The number of halogens is 1. The van der Waals surface area contributed by atoms with Crippen molar-refractivity contribution in [2.45, 2.75) is 77.3 Å². The van der Waals surface area contributed by atoms with Crippen LogP contribution in [0.25, 0.3) is 22.3 Å². The summed E-state index contributed by atoms with van der Waals surface area (Å²) >= 11 is 6.03. The zero-order valence-electron chi connectivity index (χ0n) is 45.2. The van der Waals surface area contributed by atoms with Crippen molar-refractivity contribution in [3.05, 3.63) is 77.9 Å². The number of hydrogen-bond acceptors (Lipinski definition) is 20. The van der Waals surface area contributed by atoms with Gasteiger partial charge in [-0.2, -0.15) is 30.7 Å². The summed E-state index contributed by atoms with van der Waals surface area (Å²) in [5.74, 6) is 4.36. The second kappa shape index (κ2) is 23.6. The Labute approximate surface area is 458 Å². The van der Waals surface area contributed by atoms with Gasteiger partial charge in [0.05, 0.1) is 86.3 Å². The van der Waals surface area contributed by atoms with Crippen LogP contribution in [0.15, 0.2) is 61.2 Å². The van der Waals surface area contributed by atoms with Gasteiger partial charge in [-0.05, 0) is 64.3 Å². The number of ether oxygens (including phenoxy) is 6. The Morgan fingerprint density at radius 1 is 0.709 bits per heavy atom. The molecule has 0 radical (unpaired) electrons. The number of imidazole rings is 2. The molecule has 0 aliphatic carbocycles. The molecule has 0 aromatic carbocycles. The number of amides is 2. The SMILES string of the molecule is CC(C)(C#N)c1cc(N)nn1[C@H]1CCOC1.COc1c(Oc2ccnc(NC(C)=O)c2)cnc2nc(Cl)n(C)c12.COc1c(Oc2ccnc(NC(C)=O)c2)cnc2nc(Nc3cc(C(C)(C)C#N)n([C@H]4CCOC4)n3)n(C)c12. The van der Waals surface area contributed by atoms with Crippen molar-refractivity contribution in [2.24, 2.45) is 14.1 Å². The van der Waals surface area contributed by atoms with Crippen LogP contribution in [0.1, 0.15) is 77.9 Å². The maximum absolute atomic E-state index is 11.4. The third-order valence-corrected chi connectivity index (χ3v) is 12.9. The molecule has 10 rings (SSSR count).